The van der Waals surface area contributed by atoms with E-state index >= 15 is 0 Å². The molecule has 2 rings (SSSR count). The zero-order valence-corrected chi connectivity index (χ0v) is 14.3. The Labute approximate surface area is 144 Å². The number of ether oxygens (including phenoxy) is 1. The van der Waals surface area contributed by atoms with Crippen LogP contribution in [0.5, 0.6) is 0 Å². The summed E-state index contributed by atoms with van der Waals surface area (Å²) in [6.45, 7) is 0.00502. The van der Waals surface area contributed by atoms with Crippen molar-refractivity contribution in [2.75, 3.05) is 19.9 Å². The average Bonchev–Trinajstić information content (AvgIpc) is 2.60. The molecule has 0 fully saturated rings. The fourth-order valence-corrected chi connectivity index (χ4v) is 2.40. The third-order valence-electron chi connectivity index (χ3n) is 3.36. The molecule has 0 aliphatic rings. The molecule has 24 heavy (non-hydrogen) atoms. The second-order valence-corrected chi connectivity index (χ2v) is 5.97. The molecule has 0 aliphatic heterocycles. The Bertz CT molecular complexity index is 719. The molecule has 0 saturated heterocycles. The SMILES string of the molecule is CSc1ccc(CN(C)C(=O)COC(=O)c2cccc[n+]2[O-])cc1. The summed E-state index contributed by atoms with van der Waals surface area (Å²) in [6, 6.07) is 12.3. The molecule has 0 bridgehead atoms. The summed E-state index contributed by atoms with van der Waals surface area (Å²) < 4.78 is 5.32. The Morgan fingerprint density at radius 1 is 1.21 bits per heavy atom. The predicted octanol–water partition coefficient (Wildman–Crippen LogP) is 1.86. The minimum Gasteiger partial charge on any atom is -0.618 e. The van der Waals surface area contributed by atoms with Gasteiger partial charge in [-0.15, -0.1) is 11.8 Å². The quantitative estimate of drug-likeness (QED) is 0.345. The van der Waals surface area contributed by atoms with E-state index in [9.17, 15) is 14.8 Å². The molecule has 0 saturated carbocycles. The molecule has 1 aromatic heterocycles. The molecule has 0 N–H and O–H groups in total. The van der Waals surface area contributed by atoms with Gasteiger partial charge in [0, 0.05) is 30.6 Å². The zero-order valence-electron chi connectivity index (χ0n) is 13.5. The van der Waals surface area contributed by atoms with Crippen LogP contribution in [-0.4, -0.2) is 36.7 Å². The summed E-state index contributed by atoms with van der Waals surface area (Å²) in [5.41, 5.74) is 0.830. The number of hydrogen-bond acceptors (Lipinski definition) is 5. The number of benzene rings is 1. The van der Waals surface area contributed by atoms with Crippen LogP contribution in [0.4, 0.5) is 0 Å². The second-order valence-electron chi connectivity index (χ2n) is 5.09. The summed E-state index contributed by atoms with van der Waals surface area (Å²) in [5, 5.41) is 11.5. The van der Waals surface area contributed by atoms with Crippen LogP contribution in [0.15, 0.2) is 53.6 Å². The highest BCUT2D eigenvalue weighted by Crippen LogP contribution is 2.15. The lowest BCUT2D eigenvalue weighted by molar-refractivity contribution is -0.608. The second kappa shape index (κ2) is 8.35. The summed E-state index contributed by atoms with van der Waals surface area (Å²) in [4.78, 5) is 26.5. The Morgan fingerprint density at radius 2 is 1.92 bits per heavy atom. The van der Waals surface area contributed by atoms with Gasteiger partial charge < -0.3 is 14.8 Å². The van der Waals surface area contributed by atoms with Gasteiger partial charge in [-0.05, 0) is 30.0 Å². The standard InChI is InChI=1S/C17H18N2O4S/c1-18(11-13-6-8-14(24-2)9-7-13)16(20)12-23-17(21)15-5-3-4-10-19(15)22/h3-10H,11-12H2,1-2H3. The van der Waals surface area contributed by atoms with Crippen LogP contribution >= 0.6 is 11.8 Å². The third kappa shape index (κ3) is 4.73. The summed E-state index contributed by atoms with van der Waals surface area (Å²) in [7, 11) is 1.63. The molecule has 126 valence electrons. The minimum atomic E-state index is -0.823. The molecule has 0 radical (unpaired) electrons. The molecule has 0 atom stereocenters. The maximum absolute atomic E-state index is 12.1. The van der Waals surface area contributed by atoms with Gasteiger partial charge in [-0.1, -0.05) is 12.1 Å². The average molecular weight is 346 g/mol. The van der Waals surface area contributed by atoms with E-state index in [0.29, 0.717) is 11.3 Å². The Morgan fingerprint density at radius 3 is 2.54 bits per heavy atom. The third-order valence-corrected chi connectivity index (χ3v) is 4.11. The van der Waals surface area contributed by atoms with E-state index in [0.717, 1.165) is 10.5 Å². The van der Waals surface area contributed by atoms with E-state index in [1.54, 1.807) is 24.9 Å². The number of esters is 1. The van der Waals surface area contributed by atoms with Crippen molar-refractivity contribution in [1.29, 1.82) is 0 Å². The highest BCUT2D eigenvalue weighted by molar-refractivity contribution is 7.98. The van der Waals surface area contributed by atoms with Crippen molar-refractivity contribution in [3.63, 3.8) is 0 Å². The number of hydrogen-bond donors (Lipinski definition) is 0. The van der Waals surface area contributed by atoms with Gasteiger partial charge >= 0.3 is 11.7 Å². The van der Waals surface area contributed by atoms with Crippen molar-refractivity contribution in [3.8, 4) is 0 Å². The first-order valence-corrected chi connectivity index (χ1v) is 8.46. The fourth-order valence-electron chi connectivity index (χ4n) is 1.99. The van der Waals surface area contributed by atoms with E-state index in [4.69, 9.17) is 4.74 Å². The normalized spacial score (nSPS) is 10.2. The zero-order chi connectivity index (χ0) is 17.5. The molecule has 2 aromatic rings. The first kappa shape index (κ1) is 17.8. The van der Waals surface area contributed by atoms with Crippen LogP contribution in [0, 0.1) is 5.21 Å². The van der Waals surface area contributed by atoms with Crippen LogP contribution in [0.25, 0.3) is 0 Å². The summed E-state index contributed by atoms with van der Waals surface area (Å²) in [5.74, 6) is -1.16. The number of carbonyl (C=O) groups is 2. The number of likely N-dealkylation sites (N-methyl/N-ethyl adjacent to an activating group) is 1. The van der Waals surface area contributed by atoms with Gasteiger partial charge in [-0.3, -0.25) is 4.79 Å². The molecular weight excluding hydrogens is 328 g/mol. The fraction of sp³-hybridized carbons (Fsp3) is 0.235. The molecule has 0 spiro atoms. The topological polar surface area (TPSA) is 73.5 Å². The van der Waals surface area contributed by atoms with Crippen LogP contribution in [-0.2, 0) is 16.1 Å². The largest absolute Gasteiger partial charge is 0.618 e. The lowest BCUT2D eigenvalue weighted by atomic mass is 10.2. The molecule has 7 heteroatoms. The van der Waals surface area contributed by atoms with Gasteiger partial charge in [0.05, 0.1) is 0 Å². The molecule has 0 aliphatic carbocycles. The van der Waals surface area contributed by atoms with E-state index in [1.165, 1.54) is 23.2 Å². The van der Waals surface area contributed by atoms with E-state index in [-0.39, 0.29) is 11.6 Å². The Balaban J connectivity index is 1.87. The maximum Gasteiger partial charge on any atom is 0.405 e. The van der Waals surface area contributed by atoms with E-state index < -0.39 is 12.6 Å². The van der Waals surface area contributed by atoms with Crippen LogP contribution < -0.4 is 4.73 Å². The van der Waals surface area contributed by atoms with E-state index in [1.807, 2.05) is 30.5 Å². The van der Waals surface area contributed by atoms with Gasteiger partial charge in [0.2, 0.25) is 0 Å². The molecule has 1 heterocycles. The molecule has 1 aromatic carbocycles. The molecular formula is C17H18N2O4S. The highest BCUT2D eigenvalue weighted by Gasteiger charge is 2.19. The number of aromatic nitrogens is 1. The van der Waals surface area contributed by atoms with Crippen molar-refractivity contribution in [1.82, 2.24) is 4.90 Å². The number of rotatable bonds is 6. The van der Waals surface area contributed by atoms with Crippen LogP contribution in [0.1, 0.15) is 16.1 Å². The van der Waals surface area contributed by atoms with Gasteiger partial charge in [-0.25, -0.2) is 4.79 Å². The van der Waals surface area contributed by atoms with Gasteiger partial charge in [0.15, 0.2) is 12.8 Å². The molecule has 0 unspecified atom stereocenters. The Hall–Kier alpha value is -2.54. The van der Waals surface area contributed by atoms with Gasteiger partial charge in [0.1, 0.15) is 0 Å². The van der Waals surface area contributed by atoms with Crippen molar-refractivity contribution >= 4 is 23.6 Å². The lowest BCUT2D eigenvalue weighted by Gasteiger charge is -2.17. The number of amides is 1. The van der Waals surface area contributed by atoms with E-state index in [2.05, 4.69) is 0 Å². The summed E-state index contributed by atoms with van der Waals surface area (Å²) in [6.07, 6.45) is 3.19. The first-order chi connectivity index (χ1) is 11.5. The Kier molecular flexibility index (Phi) is 6.20. The lowest BCUT2D eigenvalue weighted by Crippen LogP contribution is -2.36. The van der Waals surface area contributed by atoms with Crippen LogP contribution in [0.3, 0.4) is 0 Å². The van der Waals surface area contributed by atoms with Crippen molar-refractivity contribution < 1.29 is 19.1 Å². The minimum absolute atomic E-state index is 0.152. The monoisotopic (exact) mass is 346 g/mol. The first-order valence-electron chi connectivity index (χ1n) is 7.23. The summed E-state index contributed by atoms with van der Waals surface area (Å²) >= 11 is 1.65. The van der Waals surface area contributed by atoms with Gasteiger partial charge in [-0.2, -0.15) is 4.73 Å². The number of carbonyl (C=O) groups excluding carboxylic acids is 2. The number of thioether (sulfide) groups is 1. The van der Waals surface area contributed by atoms with Crippen molar-refractivity contribution in [2.45, 2.75) is 11.4 Å². The van der Waals surface area contributed by atoms with Gasteiger partial charge in [0.25, 0.3) is 5.91 Å². The number of nitrogens with zero attached hydrogens (tertiary/aromatic N) is 2. The number of pyridine rings is 1. The van der Waals surface area contributed by atoms with Crippen molar-refractivity contribution in [2.24, 2.45) is 0 Å². The molecule has 6 nitrogen and oxygen atoms in total. The van der Waals surface area contributed by atoms with Crippen molar-refractivity contribution in [3.05, 3.63) is 65.1 Å². The molecule has 1 amide bonds. The highest BCUT2D eigenvalue weighted by atomic mass is 32.2. The maximum atomic E-state index is 12.1. The van der Waals surface area contributed by atoms with Crippen LogP contribution in [0.2, 0.25) is 0 Å². The smallest absolute Gasteiger partial charge is 0.405 e. The predicted molar refractivity (Wildman–Crippen MR) is 90.4 cm³/mol.